The number of aliphatic carboxylic acids is 1. The van der Waals surface area contributed by atoms with Crippen molar-refractivity contribution in [1.82, 2.24) is 10.2 Å². The molecule has 0 saturated carbocycles. The second-order valence-electron chi connectivity index (χ2n) is 4.18. The van der Waals surface area contributed by atoms with Gasteiger partial charge in [0, 0.05) is 19.6 Å². The number of amides is 1. The third kappa shape index (κ3) is 3.69. The molecule has 0 aliphatic carbocycles. The highest BCUT2D eigenvalue weighted by atomic mass is 16.4. The maximum atomic E-state index is 11.4. The SMILES string of the molecule is N#CCCNC(=O)CN1CCC(N)(C(=O)O)C1. The summed E-state index contributed by atoms with van der Waals surface area (Å²) in [5, 5.41) is 19.8. The number of nitrogens with zero attached hydrogens (tertiary/aromatic N) is 2. The monoisotopic (exact) mass is 240 g/mol. The zero-order chi connectivity index (χ0) is 12.9. The largest absolute Gasteiger partial charge is 0.480 e. The summed E-state index contributed by atoms with van der Waals surface area (Å²) >= 11 is 0. The molecule has 0 spiro atoms. The van der Waals surface area contributed by atoms with Crippen LogP contribution in [-0.2, 0) is 9.59 Å². The molecule has 0 aromatic carbocycles. The van der Waals surface area contributed by atoms with E-state index in [1.807, 2.05) is 6.07 Å². The summed E-state index contributed by atoms with van der Waals surface area (Å²) in [6, 6.07) is 1.92. The van der Waals surface area contributed by atoms with Crippen molar-refractivity contribution in [3.63, 3.8) is 0 Å². The lowest BCUT2D eigenvalue weighted by atomic mass is 10.0. The molecule has 4 N–H and O–H groups in total. The molecule has 7 nitrogen and oxygen atoms in total. The molecule has 1 saturated heterocycles. The number of nitrogens with one attached hydrogen (secondary N) is 1. The van der Waals surface area contributed by atoms with Gasteiger partial charge in [0.05, 0.1) is 19.0 Å². The first-order valence-electron chi connectivity index (χ1n) is 5.36. The van der Waals surface area contributed by atoms with Crippen molar-refractivity contribution >= 4 is 11.9 Å². The maximum Gasteiger partial charge on any atom is 0.325 e. The zero-order valence-corrected chi connectivity index (χ0v) is 9.48. The predicted octanol–water partition coefficient (Wildman–Crippen LogP) is -1.50. The number of carbonyl (C=O) groups is 2. The van der Waals surface area contributed by atoms with Crippen LogP contribution in [-0.4, -0.2) is 53.6 Å². The van der Waals surface area contributed by atoms with Crippen LogP contribution in [0.3, 0.4) is 0 Å². The number of hydrogen-bond acceptors (Lipinski definition) is 5. The van der Waals surface area contributed by atoms with Gasteiger partial charge in [-0.05, 0) is 6.42 Å². The van der Waals surface area contributed by atoms with Crippen LogP contribution in [0.2, 0.25) is 0 Å². The molecular formula is C10H16N4O3. The van der Waals surface area contributed by atoms with Crippen molar-refractivity contribution in [2.24, 2.45) is 5.73 Å². The Labute approximate surface area is 99.2 Å². The number of rotatable bonds is 5. The maximum absolute atomic E-state index is 11.4. The topological polar surface area (TPSA) is 119 Å². The van der Waals surface area contributed by atoms with Crippen molar-refractivity contribution in [2.45, 2.75) is 18.4 Å². The molecule has 1 unspecified atom stereocenters. The van der Waals surface area contributed by atoms with Gasteiger partial charge < -0.3 is 16.2 Å². The standard InChI is InChI=1S/C10H16N4O3/c11-3-1-4-13-8(15)6-14-5-2-10(12,7-14)9(16)17/h1-2,4-7,12H2,(H,13,15)(H,16,17). The fourth-order valence-electron chi connectivity index (χ4n) is 1.74. The summed E-state index contributed by atoms with van der Waals surface area (Å²) in [6.07, 6.45) is 0.607. The molecule has 1 amide bonds. The molecule has 1 rings (SSSR count). The molecule has 0 radical (unpaired) electrons. The highest BCUT2D eigenvalue weighted by Gasteiger charge is 2.41. The van der Waals surface area contributed by atoms with Crippen LogP contribution in [0.5, 0.6) is 0 Å². The van der Waals surface area contributed by atoms with Gasteiger partial charge in [-0.15, -0.1) is 0 Å². The molecule has 0 bridgehead atoms. The van der Waals surface area contributed by atoms with E-state index in [-0.39, 0.29) is 25.4 Å². The summed E-state index contributed by atoms with van der Waals surface area (Å²) in [4.78, 5) is 24.0. The van der Waals surface area contributed by atoms with E-state index in [1.165, 1.54) is 0 Å². The Balaban J connectivity index is 2.33. The minimum atomic E-state index is -1.24. The van der Waals surface area contributed by atoms with E-state index < -0.39 is 11.5 Å². The molecule has 1 atom stereocenters. The van der Waals surface area contributed by atoms with E-state index >= 15 is 0 Å². The summed E-state index contributed by atoms with van der Waals surface area (Å²) < 4.78 is 0. The number of carboxylic acid groups (broad SMARTS) is 1. The van der Waals surface area contributed by atoms with Gasteiger partial charge in [-0.1, -0.05) is 0 Å². The van der Waals surface area contributed by atoms with Crippen molar-refractivity contribution in [1.29, 1.82) is 5.26 Å². The third-order valence-electron chi connectivity index (χ3n) is 2.73. The number of likely N-dealkylation sites (tertiary alicyclic amines) is 1. The van der Waals surface area contributed by atoms with Crippen LogP contribution in [0.25, 0.3) is 0 Å². The van der Waals surface area contributed by atoms with Gasteiger partial charge >= 0.3 is 5.97 Å². The minimum Gasteiger partial charge on any atom is -0.480 e. The average Bonchev–Trinajstić information content (AvgIpc) is 2.62. The van der Waals surface area contributed by atoms with Gasteiger partial charge in [0.1, 0.15) is 5.54 Å². The Kier molecular flexibility index (Phi) is 4.43. The smallest absolute Gasteiger partial charge is 0.325 e. The lowest BCUT2D eigenvalue weighted by molar-refractivity contribution is -0.143. The van der Waals surface area contributed by atoms with Crippen LogP contribution < -0.4 is 11.1 Å². The van der Waals surface area contributed by atoms with Crippen LogP contribution in [0.15, 0.2) is 0 Å². The van der Waals surface area contributed by atoms with E-state index in [2.05, 4.69) is 5.32 Å². The molecule has 17 heavy (non-hydrogen) atoms. The van der Waals surface area contributed by atoms with E-state index in [0.29, 0.717) is 19.5 Å². The predicted molar refractivity (Wildman–Crippen MR) is 58.9 cm³/mol. The minimum absolute atomic E-state index is 0.123. The first-order chi connectivity index (χ1) is 7.98. The summed E-state index contributed by atoms with van der Waals surface area (Å²) in [5.74, 6) is -1.25. The van der Waals surface area contributed by atoms with Gasteiger partial charge in [-0.25, -0.2) is 0 Å². The second-order valence-corrected chi connectivity index (χ2v) is 4.18. The van der Waals surface area contributed by atoms with Crippen LogP contribution in [0, 0.1) is 11.3 Å². The number of nitriles is 1. The summed E-state index contributed by atoms with van der Waals surface area (Å²) in [5.41, 5.74) is 4.43. The number of carboxylic acids is 1. The molecule has 1 aliphatic rings. The number of nitrogens with two attached hydrogens (primary N) is 1. The third-order valence-corrected chi connectivity index (χ3v) is 2.73. The molecular weight excluding hydrogens is 224 g/mol. The van der Waals surface area contributed by atoms with Crippen molar-refractivity contribution in [3.8, 4) is 6.07 Å². The van der Waals surface area contributed by atoms with Gasteiger partial charge in [0.2, 0.25) is 5.91 Å². The van der Waals surface area contributed by atoms with E-state index in [0.717, 1.165) is 0 Å². The molecule has 94 valence electrons. The quantitative estimate of drug-likeness (QED) is 0.503. The Bertz CT molecular complexity index is 352. The molecule has 1 heterocycles. The van der Waals surface area contributed by atoms with E-state index in [1.54, 1.807) is 4.90 Å². The molecule has 1 fully saturated rings. The first kappa shape index (κ1) is 13.4. The van der Waals surface area contributed by atoms with Crippen molar-refractivity contribution < 1.29 is 14.7 Å². The summed E-state index contributed by atoms with van der Waals surface area (Å²) in [6.45, 7) is 1.11. The van der Waals surface area contributed by atoms with Crippen LogP contribution in [0.1, 0.15) is 12.8 Å². The molecule has 1 aliphatic heterocycles. The summed E-state index contributed by atoms with van der Waals surface area (Å²) in [7, 11) is 0. The van der Waals surface area contributed by atoms with E-state index in [4.69, 9.17) is 16.1 Å². The fourth-order valence-corrected chi connectivity index (χ4v) is 1.74. The van der Waals surface area contributed by atoms with Crippen molar-refractivity contribution in [2.75, 3.05) is 26.2 Å². The Morgan fingerprint density at radius 3 is 2.82 bits per heavy atom. The Hall–Kier alpha value is -1.65. The highest BCUT2D eigenvalue weighted by Crippen LogP contribution is 2.18. The average molecular weight is 240 g/mol. The Morgan fingerprint density at radius 1 is 1.59 bits per heavy atom. The fraction of sp³-hybridized carbons (Fsp3) is 0.700. The molecule has 0 aromatic heterocycles. The lowest BCUT2D eigenvalue weighted by Gasteiger charge is -2.19. The van der Waals surface area contributed by atoms with Gasteiger partial charge in [-0.3, -0.25) is 14.5 Å². The Morgan fingerprint density at radius 2 is 2.29 bits per heavy atom. The number of hydrogen-bond donors (Lipinski definition) is 3. The lowest BCUT2D eigenvalue weighted by Crippen LogP contribution is -2.50. The second kappa shape index (κ2) is 5.61. The van der Waals surface area contributed by atoms with Crippen LogP contribution in [0.4, 0.5) is 0 Å². The van der Waals surface area contributed by atoms with E-state index in [9.17, 15) is 9.59 Å². The first-order valence-corrected chi connectivity index (χ1v) is 5.36. The van der Waals surface area contributed by atoms with Crippen molar-refractivity contribution in [3.05, 3.63) is 0 Å². The van der Waals surface area contributed by atoms with Crippen LogP contribution >= 0.6 is 0 Å². The van der Waals surface area contributed by atoms with Gasteiger partial charge in [-0.2, -0.15) is 5.26 Å². The molecule has 7 heteroatoms. The van der Waals surface area contributed by atoms with Gasteiger partial charge in [0.15, 0.2) is 0 Å². The highest BCUT2D eigenvalue weighted by molar-refractivity contribution is 5.80. The van der Waals surface area contributed by atoms with Gasteiger partial charge in [0.25, 0.3) is 0 Å². The zero-order valence-electron chi connectivity index (χ0n) is 9.48. The normalized spacial score (nSPS) is 24.2. The number of carbonyl (C=O) groups excluding carboxylic acids is 1. The molecule has 0 aromatic rings.